The van der Waals surface area contributed by atoms with Crippen molar-refractivity contribution in [1.82, 2.24) is 4.90 Å². The van der Waals surface area contributed by atoms with Gasteiger partial charge in [-0.3, -0.25) is 0 Å². The molecule has 202 valence electrons. The van der Waals surface area contributed by atoms with Crippen molar-refractivity contribution >= 4 is 11.6 Å². The number of alkyl halides is 1. The fraction of sp³-hybridized carbons (Fsp3) is 1.00. The van der Waals surface area contributed by atoms with E-state index in [9.17, 15) is 0 Å². The monoisotopic (exact) mass is 487 g/mol. The van der Waals surface area contributed by atoms with Crippen molar-refractivity contribution in [2.24, 2.45) is 0 Å². The molecule has 0 aliphatic carbocycles. The Bertz CT molecular complexity index is 260. The second-order valence-corrected chi connectivity index (χ2v) is 10.3. The molecule has 0 bridgehead atoms. The van der Waals surface area contributed by atoms with Crippen molar-refractivity contribution in [2.45, 2.75) is 175 Å². The SMILES string of the molecule is CCCCCCCCCCN(CCCCCCCCCC)CCCCCCCCCC.CCl. The average molecular weight is 488 g/mol. The first-order valence-corrected chi connectivity index (χ1v) is 16.2. The topological polar surface area (TPSA) is 3.24 Å². The summed E-state index contributed by atoms with van der Waals surface area (Å²) in [6.45, 7) is 11.0. The van der Waals surface area contributed by atoms with E-state index in [1.807, 2.05) is 0 Å². The molecule has 0 atom stereocenters. The van der Waals surface area contributed by atoms with Crippen LogP contribution in [0, 0.1) is 0 Å². The number of rotatable bonds is 27. The van der Waals surface area contributed by atoms with E-state index < -0.39 is 0 Å². The first-order valence-electron chi connectivity index (χ1n) is 15.4. The van der Waals surface area contributed by atoms with E-state index in [1.165, 1.54) is 180 Å². The van der Waals surface area contributed by atoms with Crippen molar-refractivity contribution in [3.63, 3.8) is 0 Å². The lowest BCUT2D eigenvalue weighted by molar-refractivity contribution is 0.254. The third-order valence-corrected chi connectivity index (χ3v) is 6.98. The summed E-state index contributed by atoms with van der Waals surface area (Å²) in [7, 11) is 0. The Hall–Kier alpha value is 0.250. The molecule has 0 saturated carbocycles. The van der Waals surface area contributed by atoms with E-state index in [2.05, 4.69) is 37.3 Å². The van der Waals surface area contributed by atoms with Gasteiger partial charge in [0.05, 0.1) is 0 Å². The van der Waals surface area contributed by atoms with Crippen LogP contribution in [0.1, 0.15) is 175 Å². The van der Waals surface area contributed by atoms with Crippen LogP contribution < -0.4 is 0 Å². The molecular weight excluding hydrogens is 422 g/mol. The van der Waals surface area contributed by atoms with Crippen LogP contribution in [0.15, 0.2) is 0 Å². The number of unbranched alkanes of at least 4 members (excludes halogenated alkanes) is 21. The Kier molecular flexibility index (Phi) is 36.9. The predicted molar refractivity (Wildman–Crippen MR) is 156 cm³/mol. The van der Waals surface area contributed by atoms with Gasteiger partial charge in [-0.1, -0.05) is 156 Å². The Morgan fingerprint density at radius 2 is 0.485 bits per heavy atom. The largest absolute Gasteiger partial charge is 0.303 e. The molecule has 0 spiro atoms. The van der Waals surface area contributed by atoms with Gasteiger partial charge in [0.25, 0.3) is 0 Å². The Morgan fingerprint density at radius 1 is 0.303 bits per heavy atom. The molecule has 0 aliphatic rings. The third kappa shape index (κ3) is 32.2. The van der Waals surface area contributed by atoms with Crippen molar-refractivity contribution < 1.29 is 0 Å². The highest BCUT2D eigenvalue weighted by Gasteiger charge is 2.05. The van der Waals surface area contributed by atoms with Crippen molar-refractivity contribution in [3.05, 3.63) is 0 Å². The standard InChI is InChI=1S/C30H63N.CH3Cl/c1-4-7-10-13-16-19-22-25-28-31(29-26-23-20-17-14-11-8-5-2)30-27-24-21-18-15-12-9-6-3;1-2/h4-30H2,1-3H3;1H3. The zero-order valence-electron chi connectivity index (χ0n) is 23.9. The third-order valence-electron chi connectivity index (χ3n) is 6.98. The van der Waals surface area contributed by atoms with Gasteiger partial charge in [-0.25, -0.2) is 0 Å². The zero-order valence-corrected chi connectivity index (χ0v) is 24.7. The van der Waals surface area contributed by atoms with Crippen LogP contribution in [0.2, 0.25) is 0 Å². The first kappa shape index (κ1) is 35.4. The van der Waals surface area contributed by atoms with Crippen LogP contribution in [0.5, 0.6) is 0 Å². The molecule has 0 N–H and O–H groups in total. The van der Waals surface area contributed by atoms with Gasteiger partial charge < -0.3 is 4.90 Å². The fourth-order valence-electron chi connectivity index (χ4n) is 4.74. The van der Waals surface area contributed by atoms with Gasteiger partial charge in [-0.15, -0.1) is 11.6 Å². The smallest absolute Gasteiger partial charge is 0.0108 e. The van der Waals surface area contributed by atoms with Crippen LogP contribution in [0.3, 0.4) is 0 Å². The number of halogens is 1. The summed E-state index contributed by atoms with van der Waals surface area (Å²) in [6.07, 6.45) is 36.1. The molecule has 0 heterocycles. The van der Waals surface area contributed by atoms with Crippen molar-refractivity contribution in [1.29, 1.82) is 0 Å². The minimum absolute atomic E-state index is 1.36. The van der Waals surface area contributed by atoms with Gasteiger partial charge in [0.2, 0.25) is 0 Å². The lowest BCUT2D eigenvalue weighted by Gasteiger charge is -2.22. The van der Waals surface area contributed by atoms with Gasteiger partial charge in [0, 0.05) is 6.38 Å². The second-order valence-electron chi connectivity index (χ2n) is 10.3. The molecule has 0 fully saturated rings. The second kappa shape index (κ2) is 34.4. The molecule has 0 radical (unpaired) electrons. The summed E-state index contributed by atoms with van der Waals surface area (Å²) in [5, 5.41) is 0. The molecule has 1 nitrogen and oxygen atoms in total. The van der Waals surface area contributed by atoms with Gasteiger partial charge in [0.15, 0.2) is 0 Å². The molecule has 0 aliphatic heterocycles. The fourth-order valence-corrected chi connectivity index (χ4v) is 4.74. The van der Waals surface area contributed by atoms with Crippen LogP contribution in [-0.2, 0) is 0 Å². The van der Waals surface area contributed by atoms with Gasteiger partial charge >= 0.3 is 0 Å². The predicted octanol–water partition coefficient (Wildman–Crippen LogP) is 11.6. The summed E-state index contributed by atoms with van der Waals surface area (Å²) >= 11 is 4.64. The summed E-state index contributed by atoms with van der Waals surface area (Å²) in [4.78, 5) is 2.82. The lowest BCUT2D eigenvalue weighted by atomic mass is 10.1. The average Bonchev–Trinajstić information content (AvgIpc) is 2.84. The lowest BCUT2D eigenvalue weighted by Crippen LogP contribution is -2.27. The van der Waals surface area contributed by atoms with E-state index in [4.69, 9.17) is 0 Å². The van der Waals surface area contributed by atoms with Gasteiger partial charge in [-0.2, -0.15) is 0 Å². The molecule has 33 heavy (non-hydrogen) atoms. The Labute approximate surface area is 217 Å². The van der Waals surface area contributed by atoms with E-state index in [-0.39, 0.29) is 0 Å². The van der Waals surface area contributed by atoms with Crippen molar-refractivity contribution in [3.8, 4) is 0 Å². The normalized spacial score (nSPS) is 11.1. The van der Waals surface area contributed by atoms with Crippen LogP contribution >= 0.6 is 11.6 Å². The molecule has 0 aromatic heterocycles. The Balaban J connectivity index is 0. The van der Waals surface area contributed by atoms with E-state index in [1.54, 1.807) is 0 Å². The highest BCUT2D eigenvalue weighted by Crippen LogP contribution is 2.13. The summed E-state index contributed by atoms with van der Waals surface area (Å²) in [5.41, 5.74) is 0. The molecule has 0 amide bonds. The summed E-state index contributed by atoms with van der Waals surface area (Å²) in [5.74, 6) is 0. The number of hydrogen-bond donors (Lipinski definition) is 0. The minimum Gasteiger partial charge on any atom is -0.303 e. The number of hydrogen-bond acceptors (Lipinski definition) is 1. The maximum absolute atomic E-state index is 4.64. The van der Waals surface area contributed by atoms with E-state index in [0.717, 1.165) is 0 Å². The van der Waals surface area contributed by atoms with E-state index >= 15 is 0 Å². The molecule has 0 unspecified atom stereocenters. The molecule has 0 saturated heterocycles. The van der Waals surface area contributed by atoms with Gasteiger partial charge in [0.1, 0.15) is 0 Å². The van der Waals surface area contributed by atoms with E-state index in [0.29, 0.717) is 0 Å². The molecule has 0 aromatic rings. The maximum Gasteiger partial charge on any atom is 0.0108 e. The van der Waals surface area contributed by atoms with Crippen molar-refractivity contribution in [2.75, 3.05) is 26.0 Å². The molecule has 0 aromatic carbocycles. The summed E-state index contributed by atoms with van der Waals surface area (Å²) in [6, 6.07) is 0. The highest BCUT2D eigenvalue weighted by molar-refractivity contribution is 6.15. The first-order chi connectivity index (χ1) is 16.3. The zero-order chi connectivity index (χ0) is 24.7. The van der Waals surface area contributed by atoms with Crippen LogP contribution in [0.4, 0.5) is 0 Å². The Morgan fingerprint density at radius 3 is 0.697 bits per heavy atom. The maximum atomic E-state index is 4.64. The van der Waals surface area contributed by atoms with Crippen LogP contribution in [-0.4, -0.2) is 30.9 Å². The molecular formula is C31H66ClN. The molecule has 0 rings (SSSR count). The van der Waals surface area contributed by atoms with Crippen LogP contribution in [0.25, 0.3) is 0 Å². The van der Waals surface area contributed by atoms with Gasteiger partial charge in [-0.05, 0) is 38.9 Å². The minimum atomic E-state index is 1.36. The summed E-state index contributed by atoms with van der Waals surface area (Å²) < 4.78 is 0. The quantitative estimate of drug-likeness (QED) is 0.0821. The highest BCUT2D eigenvalue weighted by atomic mass is 35.5. The molecule has 2 heteroatoms. The number of nitrogens with zero attached hydrogens (tertiary/aromatic N) is 1.